The van der Waals surface area contributed by atoms with Crippen LogP contribution >= 0.6 is 0 Å². The van der Waals surface area contributed by atoms with Gasteiger partial charge in [-0.25, -0.2) is 0 Å². The largest absolute Gasteiger partial charge is 0.465 e. The average Bonchev–Trinajstić information content (AvgIpc) is 2.94. The predicted molar refractivity (Wildman–Crippen MR) is 81.7 cm³/mol. The highest BCUT2D eigenvalue weighted by Gasteiger charge is 2.57. The number of carbonyl (C=O) groups is 1. The Bertz CT molecular complexity index is 711. The van der Waals surface area contributed by atoms with Crippen LogP contribution in [0.3, 0.4) is 0 Å². The van der Waals surface area contributed by atoms with Gasteiger partial charge >= 0.3 is 5.97 Å². The number of benzene rings is 2. The van der Waals surface area contributed by atoms with E-state index in [0.717, 1.165) is 19.3 Å². The predicted octanol–water partition coefficient (Wildman–Crippen LogP) is 2.66. The molecule has 0 bridgehead atoms. The van der Waals surface area contributed by atoms with Crippen LogP contribution in [0.15, 0.2) is 42.5 Å². The number of hydrogen-bond donors (Lipinski definition) is 1. The number of cyclic esters (lactones) is 1. The van der Waals surface area contributed by atoms with Gasteiger partial charge in [-0.15, -0.1) is 0 Å². The monoisotopic (exact) mass is 281 g/mol. The van der Waals surface area contributed by atoms with Crippen molar-refractivity contribution in [2.24, 2.45) is 17.1 Å². The SMILES string of the molecule is NC1CC2COC(=O)C2(Cc2ccc3ccccc3c2)C1. The Morgan fingerprint density at radius 1 is 1.19 bits per heavy atom. The minimum atomic E-state index is -0.387. The van der Waals surface area contributed by atoms with E-state index in [0.29, 0.717) is 6.61 Å². The average molecular weight is 281 g/mol. The molecule has 108 valence electrons. The van der Waals surface area contributed by atoms with Crippen molar-refractivity contribution in [2.45, 2.75) is 25.3 Å². The van der Waals surface area contributed by atoms with Crippen molar-refractivity contribution in [3.05, 3.63) is 48.0 Å². The Hall–Kier alpha value is -1.87. The molecule has 1 saturated heterocycles. The van der Waals surface area contributed by atoms with Crippen molar-refractivity contribution in [2.75, 3.05) is 6.61 Å². The van der Waals surface area contributed by atoms with E-state index in [9.17, 15) is 4.79 Å². The smallest absolute Gasteiger partial charge is 0.312 e. The van der Waals surface area contributed by atoms with E-state index in [1.165, 1.54) is 16.3 Å². The molecule has 2 N–H and O–H groups in total. The van der Waals surface area contributed by atoms with Crippen molar-refractivity contribution in [1.29, 1.82) is 0 Å². The number of rotatable bonds is 2. The summed E-state index contributed by atoms with van der Waals surface area (Å²) in [5.74, 6) is 0.236. The van der Waals surface area contributed by atoms with E-state index in [4.69, 9.17) is 10.5 Å². The van der Waals surface area contributed by atoms with Gasteiger partial charge in [0.2, 0.25) is 0 Å². The summed E-state index contributed by atoms with van der Waals surface area (Å²) in [5, 5.41) is 2.45. The van der Waals surface area contributed by atoms with Gasteiger partial charge in [0.1, 0.15) is 0 Å². The molecular formula is C18H19NO2. The minimum absolute atomic E-state index is 0.0476. The zero-order valence-electron chi connectivity index (χ0n) is 11.9. The van der Waals surface area contributed by atoms with Gasteiger partial charge < -0.3 is 10.5 Å². The summed E-state index contributed by atoms with van der Waals surface area (Å²) in [6.45, 7) is 0.542. The van der Waals surface area contributed by atoms with E-state index in [-0.39, 0.29) is 23.3 Å². The van der Waals surface area contributed by atoms with Crippen molar-refractivity contribution in [3.63, 3.8) is 0 Å². The molecule has 2 aromatic carbocycles. The van der Waals surface area contributed by atoms with E-state index in [1.54, 1.807) is 0 Å². The fourth-order valence-corrected chi connectivity index (χ4v) is 4.11. The maximum Gasteiger partial charge on any atom is 0.312 e. The molecule has 0 amide bonds. The topological polar surface area (TPSA) is 52.3 Å². The highest BCUT2D eigenvalue weighted by molar-refractivity contribution is 5.84. The number of nitrogens with two attached hydrogens (primary N) is 1. The van der Waals surface area contributed by atoms with Gasteiger partial charge in [0.05, 0.1) is 12.0 Å². The molecule has 1 heterocycles. The van der Waals surface area contributed by atoms with Crippen LogP contribution in [0.5, 0.6) is 0 Å². The Kier molecular flexibility index (Phi) is 2.79. The first-order valence-electron chi connectivity index (χ1n) is 7.58. The molecule has 21 heavy (non-hydrogen) atoms. The summed E-state index contributed by atoms with van der Waals surface area (Å²) in [7, 11) is 0. The maximum atomic E-state index is 12.3. The standard InChI is InChI=1S/C18H19NO2/c19-16-8-15-11-21-17(20)18(15,10-16)9-12-5-6-13-3-1-2-4-14(13)7-12/h1-7,15-16H,8-11,19H2. The highest BCUT2D eigenvalue weighted by atomic mass is 16.5. The lowest BCUT2D eigenvalue weighted by Crippen LogP contribution is -2.32. The molecule has 1 saturated carbocycles. The van der Waals surface area contributed by atoms with Gasteiger partial charge in [0.15, 0.2) is 0 Å². The molecule has 2 aliphatic rings. The van der Waals surface area contributed by atoms with Crippen LogP contribution in [-0.4, -0.2) is 18.6 Å². The first-order valence-corrected chi connectivity index (χ1v) is 7.58. The quantitative estimate of drug-likeness (QED) is 0.861. The van der Waals surface area contributed by atoms with Crippen molar-refractivity contribution >= 4 is 16.7 Å². The minimum Gasteiger partial charge on any atom is -0.465 e. The van der Waals surface area contributed by atoms with Gasteiger partial charge in [-0.05, 0) is 35.6 Å². The molecule has 1 aliphatic heterocycles. The fourth-order valence-electron chi connectivity index (χ4n) is 4.11. The second-order valence-corrected chi connectivity index (χ2v) is 6.51. The number of hydrogen-bond acceptors (Lipinski definition) is 3. The Morgan fingerprint density at radius 2 is 2.00 bits per heavy atom. The second-order valence-electron chi connectivity index (χ2n) is 6.51. The first kappa shape index (κ1) is 12.8. The fraction of sp³-hybridized carbons (Fsp3) is 0.389. The Morgan fingerprint density at radius 3 is 2.86 bits per heavy atom. The Balaban J connectivity index is 1.71. The summed E-state index contributed by atoms with van der Waals surface area (Å²) in [4.78, 5) is 12.3. The molecular weight excluding hydrogens is 262 g/mol. The van der Waals surface area contributed by atoms with Crippen LogP contribution in [0, 0.1) is 11.3 Å². The molecule has 0 aromatic heterocycles. The van der Waals surface area contributed by atoms with E-state index in [2.05, 4.69) is 30.3 Å². The Labute approximate surface area is 124 Å². The molecule has 0 radical (unpaired) electrons. The summed E-state index contributed by atoms with van der Waals surface area (Å²) < 4.78 is 5.34. The number of fused-ring (bicyclic) bond motifs is 2. The van der Waals surface area contributed by atoms with Crippen LogP contribution in [-0.2, 0) is 16.0 Å². The van der Waals surface area contributed by atoms with Crippen molar-refractivity contribution < 1.29 is 9.53 Å². The molecule has 0 spiro atoms. The van der Waals surface area contributed by atoms with Crippen LogP contribution in [0.4, 0.5) is 0 Å². The zero-order chi connectivity index (χ0) is 14.4. The summed E-state index contributed by atoms with van der Waals surface area (Å²) in [5.41, 5.74) is 6.92. The normalized spacial score (nSPS) is 31.4. The van der Waals surface area contributed by atoms with Gasteiger partial charge in [-0.1, -0.05) is 42.5 Å². The molecule has 3 atom stereocenters. The van der Waals surface area contributed by atoms with E-state index < -0.39 is 0 Å². The van der Waals surface area contributed by atoms with E-state index in [1.807, 2.05) is 12.1 Å². The third-order valence-electron chi connectivity index (χ3n) is 5.15. The van der Waals surface area contributed by atoms with Crippen LogP contribution in [0.1, 0.15) is 18.4 Å². The molecule has 4 rings (SSSR count). The van der Waals surface area contributed by atoms with E-state index >= 15 is 0 Å². The molecule has 2 aromatic rings. The zero-order valence-corrected chi connectivity index (χ0v) is 11.9. The molecule has 2 fully saturated rings. The molecule has 3 unspecified atom stereocenters. The summed E-state index contributed by atoms with van der Waals surface area (Å²) >= 11 is 0. The van der Waals surface area contributed by atoms with Crippen molar-refractivity contribution in [1.82, 2.24) is 0 Å². The lowest BCUT2D eigenvalue weighted by Gasteiger charge is -2.24. The number of carbonyl (C=O) groups excluding carboxylic acids is 1. The van der Waals surface area contributed by atoms with Gasteiger partial charge in [0, 0.05) is 12.0 Å². The lowest BCUT2D eigenvalue weighted by atomic mass is 9.75. The van der Waals surface area contributed by atoms with Crippen LogP contribution in [0.25, 0.3) is 10.8 Å². The third kappa shape index (κ3) is 1.95. The molecule has 3 nitrogen and oxygen atoms in total. The van der Waals surface area contributed by atoms with Crippen LogP contribution < -0.4 is 5.73 Å². The third-order valence-corrected chi connectivity index (χ3v) is 5.15. The van der Waals surface area contributed by atoms with Crippen LogP contribution in [0.2, 0.25) is 0 Å². The van der Waals surface area contributed by atoms with Gasteiger partial charge in [-0.2, -0.15) is 0 Å². The molecule has 3 heteroatoms. The maximum absolute atomic E-state index is 12.3. The highest BCUT2D eigenvalue weighted by Crippen LogP contribution is 2.50. The number of ether oxygens (including phenoxy) is 1. The summed E-state index contributed by atoms with van der Waals surface area (Å²) in [6.07, 6.45) is 2.40. The van der Waals surface area contributed by atoms with Gasteiger partial charge in [-0.3, -0.25) is 4.79 Å². The number of esters is 1. The summed E-state index contributed by atoms with van der Waals surface area (Å²) in [6, 6.07) is 14.9. The van der Waals surface area contributed by atoms with Crippen molar-refractivity contribution in [3.8, 4) is 0 Å². The first-order chi connectivity index (χ1) is 10.2. The second kappa shape index (κ2) is 4.57. The molecule has 1 aliphatic carbocycles. The van der Waals surface area contributed by atoms with Gasteiger partial charge in [0.25, 0.3) is 0 Å². The lowest BCUT2D eigenvalue weighted by molar-refractivity contribution is -0.146.